The SMILES string of the molecule is CCCCNC(CCC)C(CC)CN1CC(C)NC1=O. The fraction of sp³-hybridized carbons (Fsp3) is 0.938. The maximum absolute atomic E-state index is 11.9. The van der Waals surface area contributed by atoms with Crippen LogP contribution in [0.3, 0.4) is 0 Å². The maximum Gasteiger partial charge on any atom is 0.317 e. The third kappa shape index (κ3) is 5.31. The summed E-state index contributed by atoms with van der Waals surface area (Å²) in [5.74, 6) is 0.558. The van der Waals surface area contributed by atoms with Crippen molar-refractivity contribution in [2.45, 2.75) is 71.9 Å². The van der Waals surface area contributed by atoms with E-state index in [-0.39, 0.29) is 12.1 Å². The summed E-state index contributed by atoms with van der Waals surface area (Å²) in [7, 11) is 0. The molecule has 0 saturated carbocycles. The normalized spacial score (nSPS) is 21.9. The van der Waals surface area contributed by atoms with Gasteiger partial charge < -0.3 is 15.5 Å². The van der Waals surface area contributed by atoms with Crippen molar-refractivity contribution in [1.29, 1.82) is 0 Å². The van der Waals surface area contributed by atoms with Gasteiger partial charge in [0.1, 0.15) is 0 Å². The molecule has 0 radical (unpaired) electrons. The Morgan fingerprint density at radius 3 is 2.60 bits per heavy atom. The first-order chi connectivity index (χ1) is 9.62. The highest BCUT2D eigenvalue weighted by atomic mass is 16.2. The summed E-state index contributed by atoms with van der Waals surface area (Å²) in [5, 5.41) is 6.70. The number of nitrogens with zero attached hydrogens (tertiary/aromatic N) is 1. The van der Waals surface area contributed by atoms with Crippen LogP contribution in [0.1, 0.15) is 59.8 Å². The summed E-state index contributed by atoms with van der Waals surface area (Å²) < 4.78 is 0. The number of hydrogen-bond donors (Lipinski definition) is 2. The molecule has 118 valence electrons. The van der Waals surface area contributed by atoms with Gasteiger partial charge in [0.05, 0.1) is 0 Å². The van der Waals surface area contributed by atoms with Gasteiger partial charge >= 0.3 is 6.03 Å². The van der Waals surface area contributed by atoms with Crippen molar-refractivity contribution >= 4 is 6.03 Å². The molecule has 1 saturated heterocycles. The third-order valence-corrected chi connectivity index (χ3v) is 4.24. The highest BCUT2D eigenvalue weighted by molar-refractivity contribution is 5.76. The number of nitrogens with one attached hydrogen (secondary N) is 2. The fourth-order valence-electron chi connectivity index (χ4n) is 3.02. The molecule has 3 unspecified atom stereocenters. The van der Waals surface area contributed by atoms with E-state index in [2.05, 4.69) is 38.3 Å². The van der Waals surface area contributed by atoms with E-state index in [0.717, 1.165) is 26.1 Å². The monoisotopic (exact) mass is 283 g/mol. The zero-order valence-corrected chi connectivity index (χ0v) is 13.7. The largest absolute Gasteiger partial charge is 0.334 e. The molecule has 3 atom stereocenters. The lowest BCUT2D eigenvalue weighted by molar-refractivity contribution is 0.195. The van der Waals surface area contributed by atoms with Crippen molar-refractivity contribution in [1.82, 2.24) is 15.5 Å². The van der Waals surface area contributed by atoms with Gasteiger partial charge in [-0.25, -0.2) is 4.79 Å². The van der Waals surface area contributed by atoms with Crippen LogP contribution in [-0.4, -0.2) is 42.6 Å². The first kappa shape index (κ1) is 17.3. The Morgan fingerprint density at radius 1 is 1.35 bits per heavy atom. The lowest BCUT2D eigenvalue weighted by Gasteiger charge is -2.30. The molecule has 1 aliphatic rings. The van der Waals surface area contributed by atoms with E-state index in [1.165, 1.54) is 25.7 Å². The Kier molecular flexibility index (Phi) is 7.97. The van der Waals surface area contributed by atoms with Crippen molar-refractivity contribution in [3.8, 4) is 0 Å². The Morgan fingerprint density at radius 2 is 2.10 bits per heavy atom. The highest BCUT2D eigenvalue weighted by Gasteiger charge is 2.29. The predicted octanol–water partition coefficient (Wildman–Crippen LogP) is 2.98. The minimum absolute atomic E-state index is 0.111. The van der Waals surface area contributed by atoms with Gasteiger partial charge in [-0.3, -0.25) is 0 Å². The summed E-state index contributed by atoms with van der Waals surface area (Å²) in [6, 6.07) is 0.942. The van der Waals surface area contributed by atoms with Crippen molar-refractivity contribution < 1.29 is 4.79 Å². The molecule has 4 heteroatoms. The van der Waals surface area contributed by atoms with E-state index in [4.69, 9.17) is 0 Å². The first-order valence-electron chi connectivity index (χ1n) is 8.41. The van der Waals surface area contributed by atoms with Crippen LogP contribution in [-0.2, 0) is 0 Å². The molecule has 0 aromatic rings. The van der Waals surface area contributed by atoms with Gasteiger partial charge in [-0.1, -0.05) is 40.0 Å². The van der Waals surface area contributed by atoms with Crippen molar-refractivity contribution in [3.05, 3.63) is 0 Å². The van der Waals surface area contributed by atoms with Crippen LogP contribution >= 0.6 is 0 Å². The van der Waals surface area contributed by atoms with E-state index in [0.29, 0.717) is 12.0 Å². The highest BCUT2D eigenvalue weighted by Crippen LogP contribution is 2.18. The van der Waals surface area contributed by atoms with E-state index in [1.54, 1.807) is 0 Å². The Labute approximate surface area is 124 Å². The smallest absolute Gasteiger partial charge is 0.317 e. The van der Waals surface area contributed by atoms with Crippen LogP contribution in [0.2, 0.25) is 0 Å². The minimum Gasteiger partial charge on any atom is -0.334 e. The maximum atomic E-state index is 11.9. The first-order valence-corrected chi connectivity index (χ1v) is 8.41. The molecule has 0 bridgehead atoms. The summed E-state index contributed by atoms with van der Waals surface area (Å²) in [4.78, 5) is 13.9. The van der Waals surface area contributed by atoms with Crippen LogP contribution in [0, 0.1) is 5.92 Å². The van der Waals surface area contributed by atoms with Crippen molar-refractivity contribution in [3.63, 3.8) is 0 Å². The molecule has 20 heavy (non-hydrogen) atoms. The average Bonchev–Trinajstić information content (AvgIpc) is 2.73. The summed E-state index contributed by atoms with van der Waals surface area (Å²) in [5.41, 5.74) is 0. The number of unbranched alkanes of at least 4 members (excludes halogenated alkanes) is 1. The van der Waals surface area contributed by atoms with Gasteiger partial charge in [-0.05, 0) is 32.2 Å². The fourth-order valence-corrected chi connectivity index (χ4v) is 3.02. The van der Waals surface area contributed by atoms with Crippen molar-refractivity contribution in [2.24, 2.45) is 5.92 Å². The molecule has 1 fully saturated rings. The van der Waals surface area contributed by atoms with E-state index >= 15 is 0 Å². The van der Waals surface area contributed by atoms with Crippen LogP contribution < -0.4 is 10.6 Å². The molecule has 0 aromatic carbocycles. The molecular weight excluding hydrogens is 250 g/mol. The number of carbonyl (C=O) groups is 1. The molecule has 1 rings (SSSR count). The molecule has 0 aliphatic carbocycles. The van der Waals surface area contributed by atoms with Crippen molar-refractivity contribution in [2.75, 3.05) is 19.6 Å². The van der Waals surface area contributed by atoms with E-state index in [9.17, 15) is 4.79 Å². The molecule has 1 heterocycles. The molecule has 2 N–H and O–H groups in total. The lowest BCUT2D eigenvalue weighted by atomic mass is 9.92. The van der Waals surface area contributed by atoms with Crippen LogP contribution in [0.4, 0.5) is 4.79 Å². The number of urea groups is 1. The Bertz CT molecular complexity index is 283. The zero-order valence-electron chi connectivity index (χ0n) is 13.7. The van der Waals surface area contributed by atoms with Crippen LogP contribution in [0.25, 0.3) is 0 Å². The van der Waals surface area contributed by atoms with E-state index in [1.807, 2.05) is 4.90 Å². The van der Waals surface area contributed by atoms with Gasteiger partial charge in [-0.15, -0.1) is 0 Å². The Balaban J connectivity index is 2.53. The van der Waals surface area contributed by atoms with Gasteiger partial charge in [-0.2, -0.15) is 0 Å². The topological polar surface area (TPSA) is 44.4 Å². The second kappa shape index (κ2) is 9.22. The van der Waals surface area contributed by atoms with Crippen LogP contribution in [0.5, 0.6) is 0 Å². The van der Waals surface area contributed by atoms with Crippen LogP contribution in [0.15, 0.2) is 0 Å². The molecule has 4 nitrogen and oxygen atoms in total. The summed E-state index contributed by atoms with van der Waals surface area (Å²) >= 11 is 0. The van der Waals surface area contributed by atoms with E-state index < -0.39 is 0 Å². The van der Waals surface area contributed by atoms with Gasteiger partial charge in [0.2, 0.25) is 0 Å². The lowest BCUT2D eigenvalue weighted by Crippen LogP contribution is -2.43. The third-order valence-electron chi connectivity index (χ3n) is 4.24. The summed E-state index contributed by atoms with van der Waals surface area (Å²) in [6.45, 7) is 11.6. The van der Waals surface area contributed by atoms with Gasteiger partial charge in [0.25, 0.3) is 0 Å². The predicted molar refractivity (Wildman–Crippen MR) is 85.0 cm³/mol. The molecule has 2 amide bonds. The zero-order chi connectivity index (χ0) is 15.0. The second-order valence-electron chi connectivity index (χ2n) is 6.13. The second-order valence-corrected chi connectivity index (χ2v) is 6.13. The quantitative estimate of drug-likeness (QED) is 0.605. The molecule has 1 aliphatic heterocycles. The molecule has 0 spiro atoms. The number of hydrogen-bond acceptors (Lipinski definition) is 2. The Hall–Kier alpha value is -0.770. The standard InChI is InChI=1S/C16H33N3O/c1-5-8-10-17-15(9-6-2)14(7-3)12-19-11-13(4)18-16(19)20/h13-15,17H,5-12H2,1-4H3,(H,18,20). The van der Waals surface area contributed by atoms with Gasteiger partial charge in [0, 0.05) is 25.2 Å². The molecular formula is C16H33N3O. The van der Waals surface area contributed by atoms with Gasteiger partial charge in [0.15, 0.2) is 0 Å². The number of carbonyl (C=O) groups excluding carboxylic acids is 1. The number of amides is 2. The number of rotatable bonds is 10. The summed E-state index contributed by atoms with van der Waals surface area (Å²) in [6.07, 6.45) is 5.99. The molecule has 0 aromatic heterocycles. The minimum atomic E-state index is 0.111. The average molecular weight is 283 g/mol.